The quantitative estimate of drug-likeness (QED) is 0.382. The van der Waals surface area contributed by atoms with Crippen LogP contribution in [0.25, 0.3) is 0 Å². The van der Waals surface area contributed by atoms with Crippen molar-refractivity contribution in [1.29, 1.82) is 0 Å². The SMILES string of the molecule is O=S(=O)(OC[C@]12CC=C3[C@H]4CCCCC4=CC[C@H]3[C@@H]1CCC2)C(F)(F)F. The normalized spacial score (nSPS) is 37.3. The molecule has 0 radical (unpaired) electrons. The number of hydrogen-bond acceptors (Lipinski definition) is 3. The molecule has 3 nitrogen and oxygen atoms in total. The van der Waals surface area contributed by atoms with Crippen molar-refractivity contribution in [2.45, 2.75) is 63.3 Å². The molecule has 26 heavy (non-hydrogen) atoms. The second kappa shape index (κ2) is 6.36. The van der Waals surface area contributed by atoms with E-state index in [1.807, 2.05) is 0 Å². The van der Waals surface area contributed by atoms with E-state index < -0.39 is 21.0 Å². The molecular weight excluding hydrogens is 365 g/mol. The molecule has 0 spiro atoms. The fourth-order valence-electron chi connectivity index (χ4n) is 5.89. The zero-order valence-corrected chi connectivity index (χ0v) is 15.5. The molecule has 0 aromatic heterocycles. The minimum atomic E-state index is -5.52. The van der Waals surface area contributed by atoms with Crippen LogP contribution in [0.15, 0.2) is 23.3 Å². The van der Waals surface area contributed by atoms with Crippen LogP contribution in [0.4, 0.5) is 13.2 Å². The Kier molecular flexibility index (Phi) is 4.54. The molecule has 0 aromatic carbocycles. The van der Waals surface area contributed by atoms with E-state index >= 15 is 0 Å². The van der Waals surface area contributed by atoms with Gasteiger partial charge in [-0.2, -0.15) is 21.6 Å². The summed E-state index contributed by atoms with van der Waals surface area (Å²) in [5.74, 6) is 1.09. The van der Waals surface area contributed by atoms with Crippen LogP contribution in [0.3, 0.4) is 0 Å². The van der Waals surface area contributed by atoms with Crippen LogP contribution in [0.1, 0.15) is 57.8 Å². The van der Waals surface area contributed by atoms with Crippen molar-refractivity contribution in [3.05, 3.63) is 23.3 Å². The smallest absolute Gasteiger partial charge is 0.263 e. The zero-order valence-electron chi connectivity index (χ0n) is 14.7. The molecule has 0 bridgehead atoms. The van der Waals surface area contributed by atoms with E-state index in [-0.39, 0.29) is 12.5 Å². The van der Waals surface area contributed by atoms with Crippen LogP contribution in [-0.2, 0) is 14.3 Å². The van der Waals surface area contributed by atoms with Crippen molar-refractivity contribution < 1.29 is 25.8 Å². The average Bonchev–Trinajstić information content (AvgIpc) is 3.03. The van der Waals surface area contributed by atoms with Crippen molar-refractivity contribution >= 4 is 10.1 Å². The molecule has 4 rings (SSSR count). The lowest BCUT2D eigenvalue weighted by atomic mass is 9.57. The standard InChI is InChI=1S/C19H25F3O3S/c20-19(21,22)26(23,24)25-12-18-10-3-6-17(18)16-8-7-13-4-1-2-5-14(13)15(16)9-11-18/h7,9,14,16-17H,1-6,8,10-12H2/t14-,16+,17-,18-/m0/s1. The van der Waals surface area contributed by atoms with Gasteiger partial charge >= 0.3 is 15.6 Å². The molecule has 7 heteroatoms. The minimum Gasteiger partial charge on any atom is -0.263 e. The Hall–Kier alpha value is -0.820. The molecule has 0 amide bonds. The summed E-state index contributed by atoms with van der Waals surface area (Å²) in [6.45, 7) is -0.346. The van der Waals surface area contributed by atoms with E-state index in [1.54, 1.807) is 5.57 Å². The highest BCUT2D eigenvalue weighted by atomic mass is 32.2. The fourth-order valence-corrected chi connectivity index (χ4v) is 6.42. The number of rotatable bonds is 3. The minimum absolute atomic E-state index is 0.227. The maximum Gasteiger partial charge on any atom is 0.523 e. The van der Waals surface area contributed by atoms with Crippen molar-refractivity contribution in [2.75, 3.05) is 6.61 Å². The number of halogens is 3. The summed E-state index contributed by atoms with van der Waals surface area (Å²) < 4.78 is 65.2. The van der Waals surface area contributed by atoms with E-state index in [1.165, 1.54) is 24.8 Å². The predicted molar refractivity (Wildman–Crippen MR) is 91.5 cm³/mol. The molecule has 0 aromatic rings. The average molecular weight is 390 g/mol. The van der Waals surface area contributed by atoms with Gasteiger partial charge in [0.25, 0.3) is 0 Å². The third kappa shape index (κ3) is 2.95. The Labute approximate surface area is 152 Å². The summed E-state index contributed by atoms with van der Waals surface area (Å²) in [5, 5.41) is 0. The molecule has 2 saturated carbocycles. The first-order chi connectivity index (χ1) is 12.2. The third-order valence-corrected chi connectivity index (χ3v) is 8.11. The first-order valence-corrected chi connectivity index (χ1v) is 11.0. The van der Waals surface area contributed by atoms with Gasteiger partial charge in [0.1, 0.15) is 0 Å². The van der Waals surface area contributed by atoms with Gasteiger partial charge in [0, 0.05) is 11.3 Å². The van der Waals surface area contributed by atoms with E-state index in [2.05, 4.69) is 16.3 Å². The van der Waals surface area contributed by atoms with Gasteiger partial charge in [0.05, 0.1) is 6.61 Å². The second-order valence-electron chi connectivity index (χ2n) is 8.35. The van der Waals surface area contributed by atoms with Crippen LogP contribution in [0.5, 0.6) is 0 Å². The monoisotopic (exact) mass is 390 g/mol. The number of fused-ring (bicyclic) bond motifs is 5. The lowest BCUT2D eigenvalue weighted by Gasteiger charge is -2.48. The fraction of sp³-hybridized carbons (Fsp3) is 0.789. The van der Waals surface area contributed by atoms with Crippen LogP contribution in [0.2, 0.25) is 0 Å². The molecular formula is C19H25F3O3S. The number of allylic oxidation sites excluding steroid dienone is 4. The van der Waals surface area contributed by atoms with Crippen LogP contribution in [-0.4, -0.2) is 20.5 Å². The first kappa shape index (κ1) is 18.5. The highest BCUT2D eigenvalue weighted by Crippen LogP contribution is 2.59. The maximum atomic E-state index is 12.7. The van der Waals surface area contributed by atoms with Gasteiger partial charge in [-0.25, -0.2) is 0 Å². The van der Waals surface area contributed by atoms with E-state index in [0.29, 0.717) is 18.3 Å². The van der Waals surface area contributed by atoms with Crippen molar-refractivity contribution in [2.24, 2.45) is 23.2 Å². The summed E-state index contributed by atoms with van der Waals surface area (Å²) in [7, 11) is -5.52. The second-order valence-corrected chi connectivity index (χ2v) is 9.96. The molecule has 4 aliphatic carbocycles. The Morgan fingerprint density at radius 3 is 2.73 bits per heavy atom. The molecule has 0 heterocycles. The van der Waals surface area contributed by atoms with E-state index in [4.69, 9.17) is 0 Å². The van der Waals surface area contributed by atoms with Gasteiger partial charge < -0.3 is 0 Å². The van der Waals surface area contributed by atoms with Gasteiger partial charge in [-0.3, -0.25) is 4.18 Å². The highest BCUT2D eigenvalue weighted by Gasteiger charge is 2.54. The largest absolute Gasteiger partial charge is 0.523 e. The summed E-state index contributed by atoms with van der Waals surface area (Å²) in [4.78, 5) is 0. The summed E-state index contributed by atoms with van der Waals surface area (Å²) in [5.41, 5.74) is -2.80. The number of hydrogen-bond donors (Lipinski definition) is 0. The Morgan fingerprint density at radius 2 is 1.96 bits per heavy atom. The lowest BCUT2D eigenvalue weighted by molar-refractivity contribution is -0.0586. The first-order valence-electron chi connectivity index (χ1n) is 9.58. The molecule has 0 unspecified atom stereocenters. The molecule has 4 aliphatic rings. The molecule has 2 fully saturated rings. The number of alkyl halides is 3. The van der Waals surface area contributed by atoms with Gasteiger partial charge in [0.2, 0.25) is 0 Å². The van der Waals surface area contributed by atoms with Crippen LogP contribution in [0, 0.1) is 23.2 Å². The molecule has 0 saturated heterocycles. The van der Waals surface area contributed by atoms with Gasteiger partial charge in [-0.1, -0.05) is 36.1 Å². The van der Waals surface area contributed by atoms with Gasteiger partial charge in [0.15, 0.2) is 0 Å². The molecule has 4 atom stereocenters. The van der Waals surface area contributed by atoms with Crippen molar-refractivity contribution in [3.63, 3.8) is 0 Å². The predicted octanol–water partition coefficient (Wildman–Crippen LogP) is 5.11. The Balaban J connectivity index is 1.57. The summed E-state index contributed by atoms with van der Waals surface area (Å²) in [6, 6.07) is 0. The van der Waals surface area contributed by atoms with Crippen LogP contribution >= 0.6 is 0 Å². The molecule has 0 N–H and O–H groups in total. The van der Waals surface area contributed by atoms with Crippen molar-refractivity contribution in [1.82, 2.24) is 0 Å². The lowest BCUT2D eigenvalue weighted by Crippen LogP contribution is -2.42. The van der Waals surface area contributed by atoms with Crippen molar-refractivity contribution in [3.8, 4) is 0 Å². The van der Waals surface area contributed by atoms with E-state index in [9.17, 15) is 21.6 Å². The third-order valence-electron chi connectivity index (χ3n) is 7.11. The van der Waals surface area contributed by atoms with Gasteiger partial charge in [-0.15, -0.1) is 0 Å². The van der Waals surface area contributed by atoms with E-state index in [0.717, 1.165) is 32.1 Å². The summed E-state index contributed by atoms with van der Waals surface area (Å²) >= 11 is 0. The zero-order chi connectivity index (χ0) is 18.6. The van der Waals surface area contributed by atoms with Crippen LogP contribution < -0.4 is 0 Å². The highest BCUT2D eigenvalue weighted by molar-refractivity contribution is 7.87. The topological polar surface area (TPSA) is 43.4 Å². The summed E-state index contributed by atoms with van der Waals surface area (Å²) in [6.07, 6.45) is 13.6. The van der Waals surface area contributed by atoms with Gasteiger partial charge in [-0.05, 0) is 56.8 Å². The molecule has 0 aliphatic heterocycles. The Bertz CT molecular complexity index is 738. The Morgan fingerprint density at radius 1 is 1.15 bits per heavy atom. The maximum absolute atomic E-state index is 12.7. The molecule has 146 valence electrons.